The molecule has 0 aromatic heterocycles. The highest BCUT2D eigenvalue weighted by atomic mass is 79.9. The number of rotatable bonds is 7. The normalized spacial score (nSPS) is 15.3. The number of aryl methyl sites for hydroxylation is 1. The molecule has 6 nitrogen and oxygen atoms in total. The Labute approximate surface area is 180 Å². The third-order valence-corrected chi connectivity index (χ3v) is 7.30. The lowest BCUT2D eigenvalue weighted by atomic mass is 10.2. The second-order valence-electron chi connectivity index (χ2n) is 6.96. The van der Waals surface area contributed by atoms with Crippen molar-refractivity contribution in [1.82, 2.24) is 9.21 Å². The van der Waals surface area contributed by atoms with Crippen LogP contribution < -0.4 is 4.74 Å². The molecule has 0 bridgehead atoms. The maximum atomic E-state index is 12.8. The minimum Gasteiger partial charge on any atom is -0.493 e. The van der Waals surface area contributed by atoms with E-state index in [2.05, 4.69) is 15.9 Å². The maximum Gasteiger partial charge on any atom is 0.243 e. The van der Waals surface area contributed by atoms with Crippen LogP contribution >= 0.6 is 15.9 Å². The molecule has 2 aromatic rings. The molecular weight excluding hydrogens is 456 g/mol. The first-order chi connectivity index (χ1) is 13.9. The van der Waals surface area contributed by atoms with Crippen molar-refractivity contribution in [2.24, 2.45) is 0 Å². The number of sulfonamides is 1. The first-order valence-corrected chi connectivity index (χ1v) is 11.8. The van der Waals surface area contributed by atoms with Gasteiger partial charge in [-0.3, -0.25) is 4.79 Å². The van der Waals surface area contributed by atoms with Crippen LogP contribution in [0.5, 0.6) is 5.75 Å². The summed E-state index contributed by atoms with van der Waals surface area (Å²) in [6.07, 6.45) is 1.02. The number of piperazine rings is 1. The lowest BCUT2D eigenvalue weighted by Gasteiger charge is -2.34. The van der Waals surface area contributed by atoms with Crippen molar-refractivity contribution in [2.45, 2.75) is 24.7 Å². The van der Waals surface area contributed by atoms with E-state index in [0.29, 0.717) is 45.6 Å². The fourth-order valence-corrected chi connectivity index (χ4v) is 5.26. The zero-order chi connectivity index (χ0) is 20.9. The second-order valence-corrected chi connectivity index (χ2v) is 9.81. The van der Waals surface area contributed by atoms with Gasteiger partial charge in [-0.15, -0.1) is 0 Å². The number of amides is 1. The van der Waals surface area contributed by atoms with Gasteiger partial charge in [-0.05, 0) is 43.2 Å². The van der Waals surface area contributed by atoms with Gasteiger partial charge in [0, 0.05) is 37.1 Å². The number of ether oxygens (including phenoxy) is 1. The van der Waals surface area contributed by atoms with Gasteiger partial charge in [0.2, 0.25) is 15.9 Å². The molecule has 156 valence electrons. The fourth-order valence-electron chi connectivity index (χ4n) is 3.24. The Morgan fingerprint density at radius 2 is 1.79 bits per heavy atom. The van der Waals surface area contributed by atoms with Gasteiger partial charge in [0.25, 0.3) is 0 Å². The van der Waals surface area contributed by atoms with Crippen LogP contribution in [0.2, 0.25) is 0 Å². The molecule has 29 heavy (non-hydrogen) atoms. The van der Waals surface area contributed by atoms with E-state index < -0.39 is 10.0 Å². The Kier molecular flexibility index (Phi) is 7.32. The van der Waals surface area contributed by atoms with Gasteiger partial charge >= 0.3 is 0 Å². The number of carbonyl (C=O) groups excluding carboxylic acids is 1. The monoisotopic (exact) mass is 480 g/mol. The van der Waals surface area contributed by atoms with Gasteiger partial charge in [0.1, 0.15) is 5.75 Å². The molecule has 0 N–H and O–H groups in total. The minimum absolute atomic E-state index is 0.0397. The van der Waals surface area contributed by atoms with Gasteiger partial charge in [0.15, 0.2) is 0 Å². The molecule has 1 saturated heterocycles. The summed E-state index contributed by atoms with van der Waals surface area (Å²) in [5.74, 6) is 0.879. The van der Waals surface area contributed by atoms with E-state index in [1.54, 1.807) is 29.2 Å². The van der Waals surface area contributed by atoms with Crippen LogP contribution in [0.25, 0.3) is 0 Å². The lowest BCUT2D eigenvalue weighted by molar-refractivity contribution is -0.132. The summed E-state index contributed by atoms with van der Waals surface area (Å²) in [4.78, 5) is 14.4. The Bertz CT molecular complexity index is 957. The standard InChI is InChI=1S/C21H25BrN2O4S/c1-17-6-2-3-9-20(17)28-15-5-10-21(25)23-11-13-24(14-12-23)29(26,27)19-8-4-7-18(22)16-19/h2-4,6-9,16H,5,10-15H2,1H3. The first kappa shape index (κ1) is 21.8. The van der Waals surface area contributed by atoms with Gasteiger partial charge < -0.3 is 9.64 Å². The van der Waals surface area contributed by atoms with E-state index in [9.17, 15) is 13.2 Å². The largest absolute Gasteiger partial charge is 0.493 e. The summed E-state index contributed by atoms with van der Waals surface area (Å²) in [5, 5.41) is 0. The molecule has 1 fully saturated rings. The van der Waals surface area contributed by atoms with Crippen molar-refractivity contribution < 1.29 is 17.9 Å². The zero-order valence-electron chi connectivity index (χ0n) is 16.4. The number of benzene rings is 2. The van der Waals surface area contributed by atoms with Crippen LogP contribution in [0.4, 0.5) is 0 Å². The second kappa shape index (κ2) is 9.73. The summed E-state index contributed by atoms with van der Waals surface area (Å²) in [6, 6.07) is 14.5. The van der Waals surface area contributed by atoms with Crippen LogP contribution in [-0.4, -0.2) is 56.3 Å². The molecule has 0 spiro atoms. The summed E-state index contributed by atoms with van der Waals surface area (Å²) in [5.41, 5.74) is 1.07. The summed E-state index contributed by atoms with van der Waals surface area (Å²) in [7, 11) is -3.54. The minimum atomic E-state index is -3.54. The predicted octanol–water partition coefficient (Wildman–Crippen LogP) is 3.45. The summed E-state index contributed by atoms with van der Waals surface area (Å²) >= 11 is 3.31. The highest BCUT2D eigenvalue weighted by Crippen LogP contribution is 2.21. The SMILES string of the molecule is Cc1ccccc1OCCCC(=O)N1CCN(S(=O)(=O)c2cccc(Br)c2)CC1. The molecule has 1 heterocycles. The van der Waals surface area contributed by atoms with E-state index in [1.165, 1.54) is 4.31 Å². The van der Waals surface area contributed by atoms with E-state index in [-0.39, 0.29) is 10.8 Å². The van der Waals surface area contributed by atoms with Crippen molar-refractivity contribution in [3.8, 4) is 5.75 Å². The maximum absolute atomic E-state index is 12.8. The molecule has 3 rings (SSSR count). The van der Waals surface area contributed by atoms with E-state index in [4.69, 9.17) is 4.74 Å². The molecule has 0 atom stereocenters. The number of nitrogens with zero attached hydrogens (tertiary/aromatic N) is 2. The lowest BCUT2D eigenvalue weighted by Crippen LogP contribution is -2.50. The van der Waals surface area contributed by atoms with Crippen LogP contribution in [0.1, 0.15) is 18.4 Å². The Hall–Kier alpha value is -1.90. The smallest absolute Gasteiger partial charge is 0.243 e. The van der Waals surface area contributed by atoms with Gasteiger partial charge in [-0.1, -0.05) is 40.2 Å². The summed E-state index contributed by atoms with van der Waals surface area (Å²) < 4.78 is 33.4. The topological polar surface area (TPSA) is 66.9 Å². The highest BCUT2D eigenvalue weighted by molar-refractivity contribution is 9.10. The van der Waals surface area contributed by atoms with Crippen LogP contribution in [-0.2, 0) is 14.8 Å². The van der Waals surface area contributed by atoms with Gasteiger partial charge in [-0.2, -0.15) is 4.31 Å². The number of hydrogen-bond donors (Lipinski definition) is 0. The first-order valence-electron chi connectivity index (χ1n) is 9.60. The molecular formula is C21H25BrN2O4S. The van der Waals surface area contributed by atoms with Crippen LogP contribution in [0.3, 0.4) is 0 Å². The van der Waals surface area contributed by atoms with Crippen LogP contribution in [0, 0.1) is 6.92 Å². The van der Waals surface area contributed by atoms with Crippen molar-refractivity contribution in [2.75, 3.05) is 32.8 Å². The Morgan fingerprint density at radius 3 is 2.48 bits per heavy atom. The third kappa shape index (κ3) is 5.58. The number of para-hydroxylation sites is 1. The molecule has 1 aliphatic heterocycles. The number of hydrogen-bond acceptors (Lipinski definition) is 4. The van der Waals surface area contributed by atoms with Gasteiger partial charge in [-0.25, -0.2) is 8.42 Å². The Balaban J connectivity index is 1.45. The fraction of sp³-hybridized carbons (Fsp3) is 0.381. The highest BCUT2D eigenvalue weighted by Gasteiger charge is 2.30. The molecule has 2 aromatic carbocycles. The van der Waals surface area contributed by atoms with Crippen LogP contribution in [0.15, 0.2) is 57.9 Å². The molecule has 0 saturated carbocycles. The molecule has 8 heteroatoms. The average Bonchev–Trinajstić information content (AvgIpc) is 2.72. The number of halogens is 1. The molecule has 1 aliphatic rings. The predicted molar refractivity (Wildman–Crippen MR) is 115 cm³/mol. The molecule has 0 unspecified atom stereocenters. The van der Waals surface area contributed by atoms with Crippen molar-refractivity contribution in [1.29, 1.82) is 0 Å². The molecule has 1 amide bonds. The van der Waals surface area contributed by atoms with E-state index in [0.717, 1.165) is 15.8 Å². The van der Waals surface area contributed by atoms with E-state index >= 15 is 0 Å². The van der Waals surface area contributed by atoms with Crippen molar-refractivity contribution >= 4 is 31.9 Å². The van der Waals surface area contributed by atoms with Gasteiger partial charge in [0.05, 0.1) is 11.5 Å². The average molecular weight is 481 g/mol. The van der Waals surface area contributed by atoms with Crippen molar-refractivity contribution in [3.05, 3.63) is 58.6 Å². The molecule has 0 radical (unpaired) electrons. The third-order valence-electron chi connectivity index (χ3n) is 4.91. The van der Waals surface area contributed by atoms with Crippen molar-refractivity contribution in [3.63, 3.8) is 0 Å². The molecule has 0 aliphatic carbocycles. The zero-order valence-corrected chi connectivity index (χ0v) is 18.8. The Morgan fingerprint density at radius 1 is 1.07 bits per heavy atom. The summed E-state index contributed by atoms with van der Waals surface area (Å²) in [6.45, 7) is 3.89. The van der Waals surface area contributed by atoms with E-state index in [1.807, 2.05) is 31.2 Å². The number of carbonyl (C=O) groups is 1. The quantitative estimate of drug-likeness (QED) is 0.569.